The lowest BCUT2D eigenvalue weighted by Crippen LogP contribution is -2.32. The highest BCUT2D eigenvalue weighted by molar-refractivity contribution is 5.23. The molecule has 1 fully saturated rings. The van der Waals surface area contributed by atoms with Crippen molar-refractivity contribution >= 4 is 0 Å². The fourth-order valence-corrected chi connectivity index (χ4v) is 2.25. The molecule has 0 amide bonds. The van der Waals surface area contributed by atoms with Gasteiger partial charge in [-0.2, -0.15) is 0 Å². The van der Waals surface area contributed by atoms with Gasteiger partial charge in [-0.15, -0.1) is 0 Å². The molecule has 1 aliphatic rings. The number of benzene rings is 1. The van der Waals surface area contributed by atoms with Crippen molar-refractivity contribution < 1.29 is 9.84 Å². The molecule has 15 heavy (non-hydrogen) atoms. The number of ether oxygens (including phenoxy) is 1. The molecule has 1 aromatic rings. The summed E-state index contributed by atoms with van der Waals surface area (Å²) in [5.41, 5.74) is 0.589. The van der Waals surface area contributed by atoms with Crippen molar-refractivity contribution in [2.75, 3.05) is 6.61 Å². The molecule has 2 heteroatoms. The second-order valence-electron chi connectivity index (χ2n) is 4.81. The van der Waals surface area contributed by atoms with E-state index in [1.165, 1.54) is 5.56 Å². The molecule has 0 unspecified atom stereocenters. The van der Waals surface area contributed by atoms with Crippen molar-refractivity contribution in [2.24, 2.45) is 0 Å². The zero-order chi connectivity index (χ0) is 10.9. The third kappa shape index (κ3) is 1.92. The fourth-order valence-electron chi connectivity index (χ4n) is 2.25. The lowest BCUT2D eigenvalue weighted by Gasteiger charge is -2.29. The molecule has 2 atom stereocenters. The van der Waals surface area contributed by atoms with E-state index in [0.29, 0.717) is 0 Å². The van der Waals surface area contributed by atoms with Crippen LogP contribution in [0.4, 0.5) is 0 Å². The SMILES string of the molecule is C[C@@]1(CO)CC[C@](C)(c2ccccc2)O1. The minimum atomic E-state index is -0.370. The number of hydrogen-bond donors (Lipinski definition) is 1. The number of aliphatic hydroxyl groups excluding tert-OH is 1. The van der Waals surface area contributed by atoms with E-state index in [-0.39, 0.29) is 17.8 Å². The third-order valence-electron chi connectivity index (χ3n) is 3.32. The zero-order valence-electron chi connectivity index (χ0n) is 9.36. The van der Waals surface area contributed by atoms with Crippen LogP contribution in [0.3, 0.4) is 0 Å². The van der Waals surface area contributed by atoms with Gasteiger partial charge in [0.25, 0.3) is 0 Å². The summed E-state index contributed by atoms with van der Waals surface area (Å²) in [6, 6.07) is 10.2. The van der Waals surface area contributed by atoms with E-state index in [9.17, 15) is 5.11 Å². The topological polar surface area (TPSA) is 29.5 Å². The monoisotopic (exact) mass is 206 g/mol. The number of rotatable bonds is 2. The normalized spacial score (nSPS) is 35.7. The fraction of sp³-hybridized carbons (Fsp3) is 0.538. The van der Waals surface area contributed by atoms with Crippen molar-refractivity contribution in [3.05, 3.63) is 35.9 Å². The maximum atomic E-state index is 9.28. The second-order valence-corrected chi connectivity index (χ2v) is 4.81. The molecule has 2 rings (SSSR count). The number of aliphatic hydroxyl groups is 1. The van der Waals surface area contributed by atoms with E-state index in [4.69, 9.17) is 4.74 Å². The van der Waals surface area contributed by atoms with Gasteiger partial charge >= 0.3 is 0 Å². The molecule has 1 aromatic carbocycles. The molecular formula is C13H18O2. The third-order valence-corrected chi connectivity index (χ3v) is 3.32. The maximum absolute atomic E-state index is 9.28. The molecule has 82 valence electrons. The van der Waals surface area contributed by atoms with Gasteiger partial charge in [0, 0.05) is 0 Å². The van der Waals surface area contributed by atoms with Gasteiger partial charge in [0.2, 0.25) is 0 Å². The zero-order valence-corrected chi connectivity index (χ0v) is 9.36. The summed E-state index contributed by atoms with van der Waals surface area (Å²) in [6.07, 6.45) is 1.88. The molecule has 1 saturated heterocycles. The molecule has 0 radical (unpaired) electrons. The molecule has 0 aliphatic carbocycles. The molecule has 0 aromatic heterocycles. The summed E-state index contributed by atoms with van der Waals surface area (Å²) in [4.78, 5) is 0. The standard InChI is InChI=1S/C13H18O2/c1-12(10-14)8-9-13(2,15-12)11-6-4-3-5-7-11/h3-7,14H,8-10H2,1-2H3/t12-,13+/m0/s1. The maximum Gasteiger partial charge on any atom is 0.0912 e. The summed E-state index contributed by atoms with van der Waals surface area (Å²) >= 11 is 0. The minimum absolute atomic E-state index is 0.0927. The molecular weight excluding hydrogens is 188 g/mol. The average molecular weight is 206 g/mol. The highest BCUT2D eigenvalue weighted by Crippen LogP contribution is 2.43. The van der Waals surface area contributed by atoms with Crippen LogP contribution < -0.4 is 0 Å². The highest BCUT2D eigenvalue weighted by atomic mass is 16.5. The van der Waals surface area contributed by atoms with Crippen LogP contribution in [0.15, 0.2) is 30.3 Å². The first-order valence-electron chi connectivity index (χ1n) is 5.45. The minimum Gasteiger partial charge on any atom is -0.393 e. The molecule has 2 nitrogen and oxygen atoms in total. The van der Waals surface area contributed by atoms with Gasteiger partial charge in [-0.25, -0.2) is 0 Å². The van der Waals surface area contributed by atoms with Gasteiger partial charge in [0.05, 0.1) is 17.8 Å². The lowest BCUT2D eigenvalue weighted by atomic mass is 9.92. The van der Waals surface area contributed by atoms with Crippen molar-refractivity contribution in [1.82, 2.24) is 0 Å². The van der Waals surface area contributed by atoms with E-state index in [2.05, 4.69) is 19.1 Å². The molecule has 1 heterocycles. The Hall–Kier alpha value is -0.860. The summed E-state index contributed by atoms with van der Waals surface area (Å²) < 4.78 is 6.02. The van der Waals surface area contributed by atoms with Gasteiger partial charge < -0.3 is 9.84 Å². The van der Waals surface area contributed by atoms with Crippen molar-refractivity contribution in [3.8, 4) is 0 Å². The van der Waals surface area contributed by atoms with Crippen LogP contribution >= 0.6 is 0 Å². The Bertz CT molecular complexity index is 336. The summed E-state index contributed by atoms with van der Waals surface area (Å²) in [5.74, 6) is 0. The Morgan fingerprint density at radius 3 is 2.40 bits per heavy atom. The van der Waals surface area contributed by atoms with E-state index < -0.39 is 0 Å². The number of hydrogen-bond acceptors (Lipinski definition) is 2. The van der Waals surface area contributed by atoms with Gasteiger partial charge in [0.1, 0.15) is 0 Å². The predicted molar refractivity (Wildman–Crippen MR) is 59.6 cm³/mol. The average Bonchev–Trinajstić information content (AvgIpc) is 2.59. The van der Waals surface area contributed by atoms with E-state index in [0.717, 1.165) is 12.8 Å². The predicted octanol–water partition coefficient (Wildman–Crippen LogP) is 2.46. The van der Waals surface area contributed by atoms with Gasteiger partial charge in [-0.3, -0.25) is 0 Å². The first-order valence-corrected chi connectivity index (χ1v) is 5.45. The first-order chi connectivity index (χ1) is 7.08. The van der Waals surface area contributed by atoms with Crippen molar-refractivity contribution in [3.63, 3.8) is 0 Å². The molecule has 1 N–H and O–H groups in total. The summed E-state index contributed by atoms with van der Waals surface area (Å²) in [5, 5.41) is 9.28. The molecule has 1 aliphatic heterocycles. The lowest BCUT2D eigenvalue weighted by molar-refractivity contribution is -0.111. The van der Waals surface area contributed by atoms with Crippen LogP contribution in [0, 0.1) is 0 Å². The molecule has 0 spiro atoms. The Morgan fingerprint density at radius 1 is 1.20 bits per heavy atom. The van der Waals surface area contributed by atoms with Crippen LogP contribution in [0.1, 0.15) is 32.3 Å². The van der Waals surface area contributed by atoms with Crippen molar-refractivity contribution in [2.45, 2.75) is 37.9 Å². The van der Waals surface area contributed by atoms with Gasteiger partial charge in [0.15, 0.2) is 0 Å². The molecule has 0 bridgehead atoms. The Labute approximate surface area is 90.9 Å². The summed E-state index contributed by atoms with van der Waals surface area (Å²) in [6.45, 7) is 4.17. The Balaban J connectivity index is 2.24. The Morgan fingerprint density at radius 2 is 1.87 bits per heavy atom. The smallest absolute Gasteiger partial charge is 0.0912 e. The van der Waals surface area contributed by atoms with E-state index >= 15 is 0 Å². The van der Waals surface area contributed by atoms with Crippen LogP contribution in [-0.2, 0) is 10.3 Å². The van der Waals surface area contributed by atoms with Gasteiger partial charge in [-0.1, -0.05) is 30.3 Å². The van der Waals surface area contributed by atoms with Gasteiger partial charge in [-0.05, 0) is 32.3 Å². The highest BCUT2D eigenvalue weighted by Gasteiger charge is 2.44. The van der Waals surface area contributed by atoms with Crippen LogP contribution in [0.25, 0.3) is 0 Å². The van der Waals surface area contributed by atoms with Crippen LogP contribution in [-0.4, -0.2) is 17.3 Å². The second kappa shape index (κ2) is 3.62. The summed E-state index contributed by atoms with van der Waals surface area (Å²) in [7, 11) is 0. The van der Waals surface area contributed by atoms with E-state index in [1.54, 1.807) is 0 Å². The van der Waals surface area contributed by atoms with Crippen LogP contribution in [0.5, 0.6) is 0 Å². The van der Waals surface area contributed by atoms with Crippen LogP contribution in [0.2, 0.25) is 0 Å². The molecule has 0 saturated carbocycles. The quantitative estimate of drug-likeness (QED) is 0.805. The first kappa shape index (κ1) is 10.7. The Kier molecular flexibility index (Phi) is 2.57. The van der Waals surface area contributed by atoms with E-state index in [1.807, 2.05) is 25.1 Å². The largest absolute Gasteiger partial charge is 0.393 e. The van der Waals surface area contributed by atoms with Crippen molar-refractivity contribution in [1.29, 1.82) is 0 Å².